The summed E-state index contributed by atoms with van der Waals surface area (Å²) in [7, 11) is 0. The summed E-state index contributed by atoms with van der Waals surface area (Å²) in [5.41, 5.74) is 4.28. The predicted molar refractivity (Wildman–Crippen MR) is 161 cm³/mol. The van der Waals surface area contributed by atoms with Crippen molar-refractivity contribution in [3.05, 3.63) is 89.6 Å². The van der Waals surface area contributed by atoms with E-state index >= 15 is 0 Å². The third kappa shape index (κ3) is 7.61. The Morgan fingerprint density at radius 1 is 1.09 bits per heavy atom. The molecule has 1 fully saturated rings. The van der Waals surface area contributed by atoms with E-state index in [1.165, 1.54) is 33.7 Å². The van der Waals surface area contributed by atoms with Crippen molar-refractivity contribution in [2.24, 2.45) is 4.99 Å². The highest BCUT2D eigenvalue weighted by Crippen LogP contribution is 2.34. The number of carbonyl (C=O) groups excluding carboxylic acids is 2. The van der Waals surface area contributed by atoms with Crippen LogP contribution in [0.25, 0.3) is 5.82 Å². The van der Waals surface area contributed by atoms with E-state index in [0.29, 0.717) is 35.3 Å². The molecule has 3 amide bonds. The number of carbonyl (C=O) groups is 2. The monoisotopic (exact) mass is 623 g/mol. The molecule has 0 spiro atoms. The zero-order valence-corrected chi connectivity index (χ0v) is 24.8. The Hall–Kier alpha value is -4.72. The molecule has 1 aliphatic heterocycles. The number of amides is 3. The quantitative estimate of drug-likeness (QED) is 0.240. The van der Waals surface area contributed by atoms with Crippen molar-refractivity contribution in [2.45, 2.75) is 45.9 Å². The fraction of sp³-hybridized carbons (Fsp3) is 0.267. The number of amidine groups is 1. The number of ether oxygens (including phenoxy) is 1. The molecule has 0 bridgehead atoms. The van der Waals surface area contributed by atoms with E-state index in [9.17, 15) is 22.8 Å². The first kappa shape index (κ1) is 30.7. The predicted octanol–water partition coefficient (Wildman–Crippen LogP) is 6.45. The van der Waals surface area contributed by atoms with E-state index in [4.69, 9.17) is 0 Å². The van der Waals surface area contributed by atoms with Crippen LogP contribution in [0.4, 0.5) is 29.3 Å². The van der Waals surface area contributed by atoms with Crippen LogP contribution in [0.15, 0.2) is 72.1 Å². The summed E-state index contributed by atoms with van der Waals surface area (Å²) >= 11 is 1.23. The molecule has 5 rings (SSSR count). The van der Waals surface area contributed by atoms with Gasteiger partial charge in [-0.2, -0.15) is 4.99 Å². The van der Waals surface area contributed by atoms with Crippen LogP contribution in [0.5, 0.6) is 5.75 Å². The molecule has 1 aliphatic rings. The number of rotatable bonds is 8. The van der Waals surface area contributed by atoms with Crippen molar-refractivity contribution in [2.75, 3.05) is 16.0 Å². The smallest absolute Gasteiger partial charge is 0.404 e. The van der Waals surface area contributed by atoms with Crippen molar-refractivity contribution in [3.63, 3.8) is 0 Å². The lowest BCUT2D eigenvalue weighted by Crippen LogP contribution is -2.31. The normalized spacial score (nSPS) is 14.5. The summed E-state index contributed by atoms with van der Waals surface area (Å²) in [6.07, 6.45) is -1.29. The molecule has 2 aromatic carbocycles. The highest BCUT2D eigenvalue weighted by molar-refractivity contribution is 8.15. The summed E-state index contributed by atoms with van der Waals surface area (Å²) < 4.78 is 42.3. The number of benzene rings is 2. The molecule has 10 nitrogen and oxygen atoms in total. The summed E-state index contributed by atoms with van der Waals surface area (Å²) in [5.74, 6) is 0.665. The van der Waals surface area contributed by atoms with Gasteiger partial charge in [-0.15, -0.1) is 18.3 Å². The van der Waals surface area contributed by atoms with Crippen molar-refractivity contribution in [1.29, 1.82) is 0 Å². The number of pyridine rings is 1. The number of anilines is 2. The zero-order valence-electron chi connectivity index (χ0n) is 24.0. The fourth-order valence-electron chi connectivity index (χ4n) is 4.49. The van der Waals surface area contributed by atoms with Gasteiger partial charge in [-0.3, -0.25) is 9.69 Å². The number of hydrogen-bond donors (Lipinski definition) is 1. The van der Waals surface area contributed by atoms with Gasteiger partial charge < -0.3 is 10.1 Å². The molecule has 2 aromatic heterocycles. The Bertz CT molecular complexity index is 1690. The van der Waals surface area contributed by atoms with Gasteiger partial charge in [0.05, 0.1) is 17.6 Å². The Morgan fingerprint density at radius 2 is 1.86 bits per heavy atom. The van der Waals surface area contributed by atoms with E-state index in [-0.39, 0.29) is 17.6 Å². The third-order valence-electron chi connectivity index (χ3n) is 6.58. The molecule has 228 valence electrons. The van der Waals surface area contributed by atoms with Gasteiger partial charge in [0.1, 0.15) is 12.1 Å². The molecule has 44 heavy (non-hydrogen) atoms. The number of urea groups is 1. The Morgan fingerprint density at radius 3 is 2.55 bits per heavy atom. The maximum atomic E-state index is 12.8. The Balaban J connectivity index is 1.18. The van der Waals surface area contributed by atoms with Crippen molar-refractivity contribution < 1.29 is 27.5 Å². The summed E-state index contributed by atoms with van der Waals surface area (Å²) in [6, 6.07) is 15.1. The molecule has 4 aromatic rings. The second kappa shape index (κ2) is 12.9. The molecule has 0 saturated carbocycles. The Labute approximate surface area is 255 Å². The maximum Gasteiger partial charge on any atom is 0.573 e. The number of thioether (sulfide) groups is 1. The first-order valence-corrected chi connectivity index (χ1v) is 14.6. The molecule has 1 saturated heterocycles. The maximum absolute atomic E-state index is 12.8. The summed E-state index contributed by atoms with van der Waals surface area (Å²) in [5, 5.41) is 7.43. The molecule has 3 heterocycles. The van der Waals surface area contributed by atoms with Gasteiger partial charge in [0.2, 0.25) is 5.91 Å². The van der Waals surface area contributed by atoms with E-state index in [0.717, 1.165) is 34.6 Å². The average Bonchev–Trinajstić information content (AvgIpc) is 3.58. The van der Waals surface area contributed by atoms with Gasteiger partial charge in [0.15, 0.2) is 16.8 Å². The van der Waals surface area contributed by atoms with Crippen molar-refractivity contribution in [1.82, 2.24) is 19.7 Å². The van der Waals surface area contributed by atoms with Gasteiger partial charge in [-0.1, -0.05) is 49.9 Å². The minimum Gasteiger partial charge on any atom is -0.404 e. The highest BCUT2D eigenvalue weighted by Gasteiger charge is 2.33. The fourth-order valence-corrected chi connectivity index (χ4v) is 5.35. The van der Waals surface area contributed by atoms with Gasteiger partial charge >= 0.3 is 12.4 Å². The molecule has 0 atom stereocenters. The average molecular weight is 624 g/mol. The zero-order chi connectivity index (χ0) is 31.4. The van der Waals surface area contributed by atoms with Crippen LogP contribution >= 0.6 is 11.8 Å². The molecule has 0 aliphatic carbocycles. The second-order valence-corrected chi connectivity index (χ2v) is 11.2. The number of alkyl halides is 3. The lowest BCUT2D eigenvalue weighted by atomic mass is 9.99. The summed E-state index contributed by atoms with van der Waals surface area (Å²) in [4.78, 5) is 39.5. The van der Waals surface area contributed by atoms with Crippen LogP contribution in [-0.2, 0) is 17.6 Å². The number of hydrogen-bond acceptors (Lipinski definition) is 7. The lowest BCUT2D eigenvalue weighted by Gasteiger charge is -2.22. The number of aliphatic imine (C=N–C) groups is 1. The topological polar surface area (TPSA) is 115 Å². The number of aromatic nitrogens is 4. The number of nitrogens with one attached hydrogen (secondary N) is 1. The van der Waals surface area contributed by atoms with Crippen LogP contribution in [0.3, 0.4) is 0 Å². The van der Waals surface area contributed by atoms with Crippen LogP contribution < -0.4 is 15.0 Å². The molecular formula is C30H28F3N7O3S. The highest BCUT2D eigenvalue weighted by atomic mass is 32.2. The van der Waals surface area contributed by atoms with Crippen molar-refractivity contribution in [3.8, 4) is 11.6 Å². The second-order valence-electron chi connectivity index (χ2n) is 10.3. The molecule has 0 radical (unpaired) electrons. The standard InChI is InChI=1S/C30H28F3N7O3S/c1-18(2)23-11-4-19(3)14-24(23)40-27(41)16-44-29(40)37-28(42)36-21-8-5-20(6-9-21)7-12-25-35-17-39(38-25)26-13-10-22(15-34-26)43-30(31,32)33/h4-6,8-11,13-15,17-18H,7,12,16H2,1-3H3,(H,36,42). The van der Waals surface area contributed by atoms with Crippen LogP contribution in [0.2, 0.25) is 0 Å². The molecule has 1 N–H and O–H groups in total. The van der Waals surface area contributed by atoms with Crippen LogP contribution in [-0.4, -0.2) is 49.0 Å². The van der Waals surface area contributed by atoms with Gasteiger partial charge in [-0.25, -0.2) is 19.4 Å². The van der Waals surface area contributed by atoms with Crippen LogP contribution in [0.1, 0.15) is 42.3 Å². The molecule has 0 unspecified atom stereocenters. The van der Waals surface area contributed by atoms with E-state index in [2.05, 4.69) is 44.0 Å². The first-order valence-electron chi connectivity index (χ1n) is 13.6. The van der Waals surface area contributed by atoms with Gasteiger partial charge in [-0.05, 0) is 66.3 Å². The number of nitrogens with zero attached hydrogens (tertiary/aromatic N) is 6. The summed E-state index contributed by atoms with van der Waals surface area (Å²) in [6.45, 7) is 6.06. The first-order chi connectivity index (χ1) is 20.9. The SMILES string of the molecule is Cc1ccc(C(C)C)c(N2C(=O)CSC2=NC(=O)Nc2ccc(CCc3ncn(-c4ccc(OC(F)(F)F)cn4)n3)cc2)c1. The van der Waals surface area contributed by atoms with Gasteiger partial charge in [0, 0.05) is 12.1 Å². The van der Waals surface area contributed by atoms with Gasteiger partial charge in [0.25, 0.3) is 0 Å². The van der Waals surface area contributed by atoms with E-state index in [1.54, 1.807) is 12.1 Å². The largest absolute Gasteiger partial charge is 0.573 e. The number of aryl methyl sites for hydroxylation is 3. The minimum atomic E-state index is -4.79. The molecular weight excluding hydrogens is 595 g/mol. The lowest BCUT2D eigenvalue weighted by molar-refractivity contribution is -0.274. The minimum absolute atomic E-state index is 0.123. The molecule has 14 heteroatoms. The Kier molecular flexibility index (Phi) is 8.99. The van der Waals surface area contributed by atoms with Crippen LogP contribution in [0, 0.1) is 6.92 Å². The third-order valence-corrected chi connectivity index (χ3v) is 7.51. The number of halogens is 3. The van der Waals surface area contributed by atoms with Crippen molar-refractivity contribution >= 4 is 40.2 Å². The van der Waals surface area contributed by atoms with E-state index < -0.39 is 18.1 Å². The van der Waals surface area contributed by atoms with E-state index in [1.807, 2.05) is 37.3 Å².